The van der Waals surface area contributed by atoms with Gasteiger partial charge in [0.1, 0.15) is 11.8 Å². The van der Waals surface area contributed by atoms with Gasteiger partial charge in [-0.2, -0.15) is 0 Å². The quantitative estimate of drug-likeness (QED) is 0.392. The molecule has 144 valence electrons. The van der Waals surface area contributed by atoms with Gasteiger partial charge in [-0.3, -0.25) is 34.2 Å². The summed E-state index contributed by atoms with van der Waals surface area (Å²) in [5, 5.41) is 4.71. The largest absolute Gasteiger partial charge is 0.484 e. The number of carbonyl (C=O) groups excluding carboxylic acids is 5. The molecular weight excluding hydrogens is 366 g/mol. The van der Waals surface area contributed by atoms with Gasteiger partial charge in [0.2, 0.25) is 11.8 Å². The van der Waals surface area contributed by atoms with Crippen LogP contribution >= 0.6 is 0 Å². The Bertz CT molecular complexity index is 917. The zero-order valence-corrected chi connectivity index (χ0v) is 14.8. The van der Waals surface area contributed by atoms with Gasteiger partial charge >= 0.3 is 0 Å². The van der Waals surface area contributed by atoms with Crippen molar-refractivity contribution in [2.45, 2.75) is 25.3 Å². The predicted molar refractivity (Wildman–Crippen MR) is 95.1 cm³/mol. The van der Waals surface area contributed by atoms with Gasteiger partial charge in [0.05, 0.1) is 11.1 Å². The fraction of sp³-hybridized carbons (Fsp3) is 0.316. The van der Waals surface area contributed by atoms with Gasteiger partial charge in [-0.1, -0.05) is 0 Å². The van der Waals surface area contributed by atoms with Crippen molar-refractivity contribution in [3.63, 3.8) is 0 Å². The molecule has 1 saturated heterocycles. The van der Waals surface area contributed by atoms with Gasteiger partial charge in [0, 0.05) is 19.4 Å². The lowest BCUT2D eigenvalue weighted by Gasteiger charge is -2.27. The highest BCUT2D eigenvalue weighted by atomic mass is 16.5. The third-order valence-corrected chi connectivity index (χ3v) is 4.37. The minimum atomic E-state index is -1.03. The van der Waals surface area contributed by atoms with E-state index in [0.29, 0.717) is 13.0 Å². The predicted octanol–water partition coefficient (Wildman–Crippen LogP) is -0.394. The van der Waals surface area contributed by atoms with Crippen LogP contribution in [0.1, 0.15) is 40.0 Å². The van der Waals surface area contributed by atoms with E-state index in [-0.39, 0.29) is 42.2 Å². The number of hydrogen-bond acceptors (Lipinski definition) is 6. The van der Waals surface area contributed by atoms with E-state index in [0.717, 1.165) is 4.90 Å². The summed E-state index contributed by atoms with van der Waals surface area (Å²) >= 11 is 0. The number of fused-ring (bicyclic) bond motifs is 1. The molecule has 0 spiro atoms. The number of hydrogen-bond donors (Lipinski definition) is 2. The minimum Gasteiger partial charge on any atom is -0.484 e. The smallest absolute Gasteiger partial charge is 0.262 e. The van der Waals surface area contributed by atoms with Crippen LogP contribution < -0.4 is 15.4 Å². The summed E-state index contributed by atoms with van der Waals surface area (Å²) in [5.74, 6) is -0.0996. The second-order valence-electron chi connectivity index (χ2n) is 6.25. The Morgan fingerprint density at radius 3 is 2.71 bits per heavy atom. The first kappa shape index (κ1) is 19.1. The number of amides is 5. The molecule has 1 aromatic rings. The molecule has 0 radical (unpaired) electrons. The summed E-state index contributed by atoms with van der Waals surface area (Å²) in [4.78, 5) is 61.1. The highest BCUT2D eigenvalue weighted by molar-refractivity contribution is 6.23. The lowest BCUT2D eigenvalue weighted by atomic mass is 10.0. The van der Waals surface area contributed by atoms with Crippen molar-refractivity contribution in [2.24, 2.45) is 0 Å². The van der Waals surface area contributed by atoms with Crippen LogP contribution in [0.15, 0.2) is 18.2 Å². The average molecular weight is 383 g/mol. The molecule has 9 heteroatoms. The SMILES string of the molecule is C#CCCNC(=O)COc1ccc2c(c1)C(=O)N(C1CCC(=O)NC1=O)C2=O. The Kier molecular flexibility index (Phi) is 5.40. The fourth-order valence-corrected chi connectivity index (χ4v) is 3.01. The molecule has 2 N–H and O–H groups in total. The molecule has 0 bridgehead atoms. The molecule has 9 nitrogen and oxygen atoms in total. The Balaban J connectivity index is 1.70. The topological polar surface area (TPSA) is 122 Å². The van der Waals surface area contributed by atoms with Crippen LogP contribution in [0.4, 0.5) is 0 Å². The van der Waals surface area contributed by atoms with Crippen LogP contribution in [0, 0.1) is 12.3 Å². The Labute approximate surface area is 160 Å². The van der Waals surface area contributed by atoms with Gasteiger partial charge in [0.25, 0.3) is 17.7 Å². The summed E-state index contributed by atoms with van der Waals surface area (Å²) in [7, 11) is 0. The van der Waals surface area contributed by atoms with Crippen LogP contribution in [0.2, 0.25) is 0 Å². The Morgan fingerprint density at radius 2 is 2.00 bits per heavy atom. The monoisotopic (exact) mass is 383 g/mol. The molecule has 0 saturated carbocycles. The van der Waals surface area contributed by atoms with Gasteiger partial charge in [0.15, 0.2) is 6.61 Å². The van der Waals surface area contributed by atoms with E-state index < -0.39 is 29.7 Å². The van der Waals surface area contributed by atoms with Crippen molar-refractivity contribution in [2.75, 3.05) is 13.2 Å². The van der Waals surface area contributed by atoms with Crippen molar-refractivity contribution >= 4 is 29.5 Å². The molecule has 3 rings (SSSR count). The molecule has 2 heterocycles. The van der Waals surface area contributed by atoms with E-state index in [4.69, 9.17) is 11.2 Å². The maximum absolute atomic E-state index is 12.7. The van der Waals surface area contributed by atoms with E-state index in [2.05, 4.69) is 16.6 Å². The lowest BCUT2D eigenvalue weighted by molar-refractivity contribution is -0.136. The van der Waals surface area contributed by atoms with E-state index >= 15 is 0 Å². The molecule has 28 heavy (non-hydrogen) atoms. The van der Waals surface area contributed by atoms with Gasteiger partial charge in [-0.15, -0.1) is 12.3 Å². The lowest BCUT2D eigenvalue weighted by Crippen LogP contribution is -2.54. The summed E-state index contributed by atoms with van der Waals surface area (Å²) in [5.41, 5.74) is 0.223. The maximum atomic E-state index is 12.7. The summed E-state index contributed by atoms with van der Waals surface area (Å²) in [6.45, 7) is 0.0547. The van der Waals surface area contributed by atoms with E-state index in [9.17, 15) is 24.0 Å². The first-order valence-corrected chi connectivity index (χ1v) is 8.61. The number of terminal acetylenes is 1. The third kappa shape index (κ3) is 3.71. The second-order valence-corrected chi connectivity index (χ2v) is 6.25. The molecular formula is C19H17N3O6. The number of carbonyl (C=O) groups is 5. The molecule has 1 unspecified atom stereocenters. The van der Waals surface area contributed by atoms with Crippen molar-refractivity contribution in [3.05, 3.63) is 29.3 Å². The first-order chi connectivity index (χ1) is 13.4. The number of nitrogens with zero attached hydrogens (tertiary/aromatic N) is 1. The van der Waals surface area contributed by atoms with E-state index in [1.165, 1.54) is 18.2 Å². The number of imide groups is 2. The second kappa shape index (κ2) is 7.92. The van der Waals surface area contributed by atoms with Crippen molar-refractivity contribution in [1.82, 2.24) is 15.5 Å². The van der Waals surface area contributed by atoms with E-state index in [1.54, 1.807) is 0 Å². The molecule has 1 aromatic carbocycles. The maximum Gasteiger partial charge on any atom is 0.262 e. The Hall–Kier alpha value is -3.67. The molecule has 1 fully saturated rings. The van der Waals surface area contributed by atoms with Crippen LogP contribution in [0.3, 0.4) is 0 Å². The summed E-state index contributed by atoms with van der Waals surface area (Å²) < 4.78 is 5.35. The zero-order chi connectivity index (χ0) is 20.3. The molecule has 1 atom stereocenters. The zero-order valence-electron chi connectivity index (χ0n) is 14.8. The Morgan fingerprint density at radius 1 is 1.25 bits per heavy atom. The van der Waals surface area contributed by atoms with Crippen LogP contribution in [-0.2, 0) is 14.4 Å². The molecule has 0 aliphatic carbocycles. The van der Waals surface area contributed by atoms with Gasteiger partial charge in [-0.05, 0) is 24.6 Å². The van der Waals surface area contributed by atoms with Crippen LogP contribution in [0.25, 0.3) is 0 Å². The normalized spacial score (nSPS) is 18.4. The fourth-order valence-electron chi connectivity index (χ4n) is 3.01. The number of piperidine rings is 1. The van der Waals surface area contributed by atoms with E-state index in [1.807, 2.05) is 0 Å². The molecule has 2 aliphatic rings. The highest BCUT2D eigenvalue weighted by Gasteiger charge is 2.44. The molecule has 0 aromatic heterocycles. The van der Waals surface area contributed by atoms with Crippen LogP contribution in [0.5, 0.6) is 5.75 Å². The number of rotatable bonds is 6. The van der Waals surface area contributed by atoms with Crippen molar-refractivity contribution in [1.29, 1.82) is 0 Å². The summed E-state index contributed by atoms with van der Waals surface area (Å²) in [6.07, 6.45) is 5.63. The van der Waals surface area contributed by atoms with Gasteiger partial charge < -0.3 is 10.1 Å². The third-order valence-electron chi connectivity index (χ3n) is 4.37. The summed E-state index contributed by atoms with van der Waals surface area (Å²) in [6, 6.07) is 3.20. The van der Waals surface area contributed by atoms with Gasteiger partial charge in [-0.25, -0.2) is 0 Å². The van der Waals surface area contributed by atoms with Crippen molar-refractivity contribution in [3.8, 4) is 18.1 Å². The number of ether oxygens (including phenoxy) is 1. The number of nitrogens with one attached hydrogen (secondary N) is 2. The van der Waals surface area contributed by atoms with Crippen LogP contribution in [-0.4, -0.2) is 53.6 Å². The standard InChI is InChI=1S/C19H17N3O6/c1-2-3-8-20-16(24)10-28-11-4-5-12-13(9-11)19(27)22(18(12)26)14-6-7-15(23)21-17(14)25/h1,4-5,9,14H,3,6-8,10H2,(H,20,24)(H,21,23,25). The minimum absolute atomic E-state index is 0.0486. The highest BCUT2D eigenvalue weighted by Crippen LogP contribution is 2.30. The number of benzene rings is 1. The van der Waals surface area contributed by atoms with Crippen molar-refractivity contribution < 1.29 is 28.7 Å². The average Bonchev–Trinajstić information content (AvgIpc) is 2.91. The molecule has 5 amide bonds. The first-order valence-electron chi connectivity index (χ1n) is 8.61. The molecule has 2 aliphatic heterocycles.